The molecule has 1 aromatic rings. The fraction of sp³-hybridized carbons (Fsp3) is 0.462. The minimum atomic E-state index is -2.51. The summed E-state index contributed by atoms with van der Waals surface area (Å²) in [7, 11) is 1.57. The van der Waals surface area contributed by atoms with Gasteiger partial charge in [0.2, 0.25) is 6.41 Å². The number of carbonyl (C=O) groups excluding carboxylic acids is 1. The molecule has 0 radical (unpaired) electrons. The van der Waals surface area contributed by atoms with Crippen molar-refractivity contribution in [1.29, 1.82) is 0 Å². The van der Waals surface area contributed by atoms with Crippen molar-refractivity contribution in [3.63, 3.8) is 0 Å². The number of ether oxygens (including phenoxy) is 1. The minimum absolute atomic E-state index is 0.0133. The Morgan fingerprint density at radius 1 is 1.62 bits per heavy atom. The third kappa shape index (κ3) is 5.68. The first-order valence-electron chi connectivity index (χ1n) is 6.30. The van der Waals surface area contributed by atoms with E-state index in [0.29, 0.717) is 22.9 Å². The van der Waals surface area contributed by atoms with Gasteiger partial charge in [-0.3, -0.25) is 9.79 Å². The van der Waals surface area contributed by atoms with E-state index in [0.717, 1.165) is 12.0 Å². The molecule has 0 aliphatic heterocycles. The van der Waals surface area contributed by atoms with Gasteiger partial charge in [0.15, 0.2) is 5.13 Å². The van der Waals surface area contributed by atoms with Gasteiger partial charge in [0.1, 0.15) is 6.61 Å². The molecule has 8 heteroatoms. The molecule has 0 atom stereocenters. The second-order valence-corrected chi connectivity index (χ2v) is 4.76. The lowest BCUT2D eigenvalue weighted by atomic mass is 10.1. The zero-order valence-corrected chi connectivity index (χ0v) is 12.6. The molecule has 116 valence electrons. The highest BCUT2D eigenvalue weighted by molar-refractivity contribution is 7.14. The van der Waals surface area contributed by atoms with Gasteiger partial charge >= 0.3 is 0 Å². The van der Waals surface area contributed by atoms with Gasteiger partial charge < -0.3 is 10.1 Å². The van der Waals surface area contributed by atoms with Crippen LogP contribution in [0.25, 0.3) is 5.57 Å². The summed E-state index contributed by atoms with van der Waals surface area (Å²) in [5, 5.41) is 4.70. The van der Waals surface area contributed by atoms with Crippen LogP contribution in [-0.4, -0.2) is 43.8 Å². The Labute approximate surface area is 125 Å². The Morgan fingerprint density at radius 3 is 2.95 bits per heavy atom. The molecule has 0 aliphatic rings. The molecular weight excluding hydrogens is 300 g/mol. The van der Waals surface area contributed by atoms with Crippen LogP contribution >= 0.6 is 11.3 Å². The number of allylic oxidation sites excluding steroid dienone is 1. The second kappa shape index (κ2) is 9.30. The molecule has 5 nitrogen and oxygen atoms in total. The summed E-state index contributed by atoms with van der Waals surface area (Å²) < 4.78 is 29.2. The topological polar surface area (TPSA) is 63.6 Å². The van der Waals surface area contributed by atoms with Crippen LogP contribution in [0.5, 0.6) is 0 Å². The number of aromatic nitrogens is 1. The highest BCUT2D eigenvalue weighted by Gasteiger charge is 2.14. The van der Waals surface area contributed by atoms with Gasteiger partial charge in [0, 0.05) is 18.0 Å². The number of amides is 1. The first-order chi connectivity index (χ1) is 10.1. The lowest BCUT2D eigenvalue weighted by Gasteiger charge is -2.09. The maximum absolute atomic E-state index is 12.1. The van der Waals surface area contributed by atoms with E-state index in [2.05, 4.69) is 15.3 Å². The summed E-state index contributed by atoms with van der Waals surface area (Å²) in [6.07, 6.45) is 0.668. The Balaban J connectivity index is 2.87. The number of hydrogen-bond donors (Lipinski definition) is 1. The van der Waals surface area contributed by atoms with Crippen LogP contribution in [0.2, 0.25) is 0 Å². The minimum Gasteiger partial charge on any atom is -0.369 e. The molecule has 0 saturated carbocycles. The average molecular weight is 317 g/mol. The number of aliphatic imine (C=N–C) groups is 1. The van der Waals surface area contributed by atoms with Gasteiger partial charge in [0.05, 0.1) is 18.0 Å². The third-order valence-electron chi connectivity index (χ3n) is 2.43. The number of anilines is 1. The number of rotatable bonds is 9. The zero-order valence-electron chi connectivity index (χ0n) is 11.8. The number of halogens is 2. The van der Waals surface area contributed by atoms with Gasteiger partial charge in [-0.1, -0.05) is 13.0 Å². The molecule has 0 spiro atoms. The summed E-state index contributed by atoms with van der Waals surface area (Å²) >= 11 is 1.27. The molecule has 21 heavy (non-hydrogen) atoms. The van der Waals surface area contributed by atoms with Crippen LogP contribution in [0.4, 0.5) is 13.9 Å². The van der Waals surface area contributed by atoms with Crippen LogP contribution in [0.1, 0.15) is 19.0 Å². The first kappa shape index (κ1) is 17.4. The van der Waals surface area contributed by atoms with Crippen molar-refractivity contribution < 1.29 is 18.3 Å². The van der Waals surface area contributed by atoms with Gasteiger partial charge in [-0.25, -0.2) is 13.8 Å². The fourth-order valence-corrected chi connectivity index (χ4v) is 2.27. The predicted octanol–water partition coefficient (Wildman–Crippen LogP) is 2.86. The van der Waals surface area contributed by atoms with E-state index in [4.69, 9.17) is 4.74 Å². The van der Waals surface area contributed by atoms with Crippen molar-refractivity contribution >= 4 is 34.2 Å². The molecule has 0 unspecified atom stereocenters. The molecule has 0 aliphatic carbocycles. The highest BCUT2D eigenvalue weighted by atomic mass is 32.1. The lowest BCUT2D eigenvalue weighted by Crippen LogP contribution is -2.15. The van der Waals surface area contributed by atoms with Crippen LogP contribution in [0.3, 0.4) is 0 Å². The highest BCUT2D eigenvalue weighted by Crippen LogP contribution is 2.23. The molecule has 0 aromatic carbocycles. The standard InChI is InChI=1S/C13H17F2N3O2S/c1-3-4-9(10(16-2)5-20-6-12(14)15)11-7-21-13(18-11)17-8-19/h4,7-8,12H,3,5-6H2,1-2H3,(H,17,18,19)/b9-4+,16-10?. The number of carbonyl (C=O) groups is 1. The van der Waals surface area contributed by atoms with Crippen molar-refractivity contribution in [2.75, 3.05) is 25.6 Å². The smallest absolute Gasteiger partial charge is 0.261 e. The van der Waals surface area contributed by atoms with E-state index in [1.54, 1.807) is 12.4 Å². The van der Waals surface area contributed by atoms with E-state index >= 15 is 0 Å². The molecule has 0 bridgehead atoms. The maximum atomic E-state index is 12.1. The average Bonchev–Trinajstić information content (AvgIpc) is 2.90. The summed E-state index contributed by atoms with van der Waals surface area (Å²) in [5.41, 5.74) is 1.90. The SMILES string of the molecule is CC/C=C(\C(COCC(F)F)=NC)c1csc(NC=O)n1. The van der Waals surface area contributed by atoms with E-state index in [9.17, 15) is 13.6 Å². The third-order valence-corrected chi connectivity index (χ3v) is 3.21. The van der Waals surface area contributed by atoms with E-state index in [1.807, 2.05) is 13.0 Å². The molecule has 1 N–H and O–H groups in total. The van der Waals surface area contributed by atoms with Crippen LogP contribution in [0.15, 0.2) is 16.4 Å². The van der Waals surface area contributed by atoms with Crippen molar-refractivity contribution in [3.05, 3.63) is 17.2 Å². The molecule has 1 aromatic heterocycles. The summed E-state index contributed by atoms with van der Waals surface area (Å²) in [6.45, 7) is 1.30. The lowest BCUT2D eigenvalue weighted by molar-refractivity contribution is -0.105. The number of thiazole rings is 1. The molecule has 1 heterocycles. The van der Waals surface area contributed by atoms with Gasteiger partial charge in [-0.2, -0.15) is 0 Å². The summed E-state index contributed by atoms with van der Waals surface area (Å²) in [5.74, 6) is 0. The number of hydrogen-bond acceptors (Lipinski definition) is 5. The maximum Gasteiger partial charge on any atom is 0.261 e. The Morgan fingerprint density at radius 2 is 2.38 bits per heavy atom. The van der Waals surface area contributed by atoms with E-state index in [-0.39, 0.29) is 6.61 Å². The largest absolute Gasteiger partial charge is 0.369 e. The predicted molar refractivity (Wildman–Crippen MR) is 80.3 cm³/mol. The van der Waals surface area contributed by atoms with Crippen LogP contribution in [0, 0.1) is 0 Å². The normalized spacial score (nSPS) is 12.8. The van der Waals surface area contributed by atoms with Crippen molar-refractivity contribution in [1.82, 2.24) is 4.98 Å². The quantitative estimate of drug-likeness (QED) is 0.563. The number of alkyl halides is 2. The molecular formula is C13H17F2N3O2S. The van der Waals surface area contributed by atoms with Gasteiger partial charge in [-0.05, 0) is 6.42 Å². The molecule has 1 rings (SSSR count). The van der Waals surface area contributed by atoms with E-state index < -0.39 is 13.0 Å². The summed E-state index contributed by atoms with van der Waals surface area (Å²) in [6, 6.07) is 0. The number of nitrogens with one attached hydrogen (secondary N) is 1. The molecule has 1 amide bonds. The van der Waals surface area contributed by atoms with E-state index in [1.165, 1.54) is 11.3 Å². The Kier molecular flexibility index (Phi) is 7.70. The zero-order chi connectivity index (χ0) is 15.7. The molecule has 0 fully saturated rings. The Bertz CT molecular complexity index is 515. The van der Waals surface area contributed by atoms with Crippen LogP contribution < -0.4 is 5.32 Å². The second-order valence-electron chi connectivity index (χ2n) is 3.90. The van der Waals surface area contributed by atoms with Crippen molar-refractivity contribution in [3.8, 4) is 0 Å². The van der Waals surface area contributed by atoms with Crippen molar-refractivity contribution in [2.24, 2.45) is 4.99 Å². The van der Waals surface area contributed by atoms with Crippen LogP contribution in [-0.2, 0) is 9.53 Å². The monoisotopic (exact) mass is 317 g/mol. The van der Waals surface area contributed by atoms with Gasteiger partial charge in [0.25, 0.3) is 6.43 Å². The Hall–Kier alpha value is -1.67. The fourth-order valence-electron chi connectivity index (χ4n) is 1.60. The van der Waals surface area contributed by atoms with Crippen molar-refractivity contribution in [2.45, 2.75) is 19.8 Å². The first-order valence-corrected chi connectivity index (χ1v) is 7.18. The van der Waals surface area contributed by atoms with Gasteiger partial charge in [-0.15, -0.1) is 11.3 Å². The summed E-state index contributed by atoms with van der Waals surface area (Å²) in [4.78, 5) is 18.7. The number of nitrogens with zero attached hydrogens (tertiary/aromatic N) is 2. The molecule has 0 saturated heterocycles.